The molecular weight excluding hydrogens is 425 g/mol. The van der Waals surface area contributed by atoms with Gasteiger partial charge >= 0.3 is 12.2 Å². The highest BCUT2D eigenvalue weighted by Crippen LogP contribution is 2.21. The lowest BCUT2D eigenvalue weighted by Gasteiger charge is -2.28. The average Bonchev–Trinajstić information content (AvgIpc) is 2.76. The first-order valence-corrected chi connectivity index (χ1v) is 10.1. The van der Waals surface area contributed by atoms with E-state index < -0.39 is 12.8 Å². The van der Waals surface area contributed by atoms with Crippen molar-refractivity contribution in [2.45, 2.75) is 25.7 Å². The SMILES string of the molecule is CC(NC(=O)NCc1ccc(N2CCNC(=O)C2)cc1)c1ccc(OCC(F)(F)F)cc1. The molecule has 3 amide bonds. The van der Waals surface area contributed by atoms with E-state index >= 15 is 0 Å². The van der Waals surface area contributed by atoms with Crippen LogP contribution in [0.4, 0.5) is 23.7 Å². The van der Waals surface area contributed by atoms with Gasteiger partial charge in [-0.3, -0.25) is 4.79 Å². The fourth-order valence-corrected chi connectivity index (χ4v) is 3.21. The third-order valence-electron chi connectivity index (χ3n) is 4.92. The van der Waals surface area contributed by atoms with Crippen LogP contribution in [-0.4, -0.2) is 44.4 Å². The van der Waals surface area contributed by atoms with Crippen LogP contribution in [0.25, 0.3) is 0 Å². The summed E-state index contributed by atoms with van der Waals surface area (Å²) in [6, 6.07) is 13.0. The highest BCUT2D eigenvalue weighted by Gasteiger charge is 2.28. The van der Waals surface area contributed by atoms with Crippen molar-refractivity contribution in [2.24, 2.45) is 0 Å². The smallest absolute Gasteiger partial charge is 0.422 e. The van der Waals surface area contributed by atoms with Crippen LogP contribution in [0.15, 0.2) is 48.5 Å². The van der Waals surface area contributed by atoms with E-state index in [9.17, 15) is 22.8 Å². The summed E-state index contributed by atoms with van der Waals surface area (Å²) in [6.45, 7) is 2.44. The van der Waals surface area contributed by atoms with Crippen LogP contribution < -0.4 is 25.6 Å². The molecule has 3 N–H and O–H groups in total. The number of alkyl halides is 3. The molecule has 7 nitrogen and oxygen atoms in total. The van der Waals surface area contributed by atoms with E-state index in [0.29, 0.717) is 19.6 Å². The number of carbonyl (C=O) groups excluding carboxylic acids is 2. The molecule has 2 aromatic rings. The number of rotatable bonds is 7. The minimum absolute atomic E-state index is 0.00347. The Bertz CT molecular complexity index is 918. The van der Waals surface area contributed by atoms with Gasteiger partial charge in [-0.1, -0.05) is 24.3 Å². The van der Waals surface area contributed by atoms with Crippen molar-refractivity contribution in [1.82, 2.24) is 16.0 Å². The third-order valence-corrected chi connectivity index (χ3v) is 4.92. The second-order valence-corrected chi connectivity index (χ2v) is 7.46. The zero-order valence-electron chi connectivity index (χ0n) is 17.5. The van der Waals surface area contributed by atoms with Gasteiger partial charge in [0.05, 0.1) is 12.6 Å². The van der Waals surface area contributed by atoms with Gasteiger partial charge in [0.2, 0.25) is 5.91 Å². The number of halogens is 3. The van der Waals surface area contributed by atoms with Crippen molar-refractivity contribution >= 4 is 17.6 Å². The molecule has 3 rings (SSSR count). The summed E-state index contributed by atoms with van der Waals surface area (Å²) in [7, 11) is 0. The largest absolute Gasteiger partial charge is 0.484 e. The Morgan fingerprint density at radius 2 is 1.84 bits per heavy atom. The highest BCUT2D eigenvalue weighted by molar-refractivity contribution is 5.82. The molecule has 0 aromatic heterocycles. The second kappa shape index (κ2) is 10.3. The maximum Gasteiger partial charge on any atom is 0.422 e. The number of nitrogens with zero attached hydrogens (tertiary/aromatic N) is 1. The fourth-order valence-electron chi connectivity index (χ4n) is 3.21. The summed E-state index contributed by atoms with van der Waals surface area (Å²) in [5, 5.41) is 8.35. The monoisotopic (exact) mass is 450 g/mol. The van der Waals surface area contributed by atoms with Crippen molar-refractivity contribution in [1.29, 1.82) is 0 Å². The number of urea groups is 1. The van der Waals surface area contributed by atoms with Crippen molar-refractivity contribution in [3.8, 4) is 5.75 Å². The lowest BCUT2D eigenvalue weighted by atomic mass is 10.1. The molecule has 1 aliphatic heterocycles. The number of carbonyl (C=O) groups is 2. The first-order valence-electron chi connectivity index (χ1n) is 10.1. The zero-order chi connectivity index (χ0) is 23.1. The predicted molar refractivity (Wildman–Crippen MR) is 113 cm³/mol. The normalized spacial score (nSPS) is 15.0. The van der Waals surface area contributed by atoms with Gasteiger partial charge in [-0.2, -0.15) is 13.2 Å². The van der Waals surface area contributed by atoms with Crippen LogP contribution in [0.5, 0.6) is 5.75 Å². The number of hydrogen-bond acceptors (Lipinski definition) is 4. The van der Waals surface area contributed by atoms with Crippen LogP contribution in [0.1, 0.15) is 24.1 Å². The molecule has 172 valence electrons. The van der Waals surface area contributed by atoms with Gasteiger partial charge in [-0.05, 0) is 42.3 Å². The lowest BCUT2D eigenvalue weighted by Crippen LogP contribution is -2.47. The highest BCUT2D eigenvalue weighted by atomic mass is 19.4. The molecular formula is C22H25F3N4O3. The van der Waals surface area contributed by atoms with E-state index in [1.165, 1.54) is 12.1 Å². The molecule has 0 bridgehead atoms. The molecule has 32 heavy (non-hydrogen) atoms. The molecule has 0 spiro atoms. The third kappa shape index (κ3) is 7.07. The fraction of sp³-hybridized carbons (Fsp3) is 0.364. The number of piperazine rings is 1. The van der Waals surface area contributed by atoms with Gasteiger partial charge < -0.3 is 25.6 Å². The Morgan fingerprint density at radius 1 is 1.16 bits per heavy atom. The Labute approximate surface area is 183 Å². The molecule has 0 aliphatic carbocycles. The zero-order valence-corrected chi connectivity index (χ0v) is 17.5. The van der Waals surface area contributed by atoms with Crippen molar-refractivity contribution < 1.29 is 27.5 Å². The number of ether oxygens (including phenoxy) is 1. The summed E-state index contributed by atoms with van der Waals surface area (Å²) >= 11 is 0. The van der Waals surface area contributed by atoms with Crippen LogP contribution in [-0.2, 0) is 11.3 Å². The van der Waals surface area contributed by atoms with Gasteiger partial charge in [-0.25, -0.2) is 4.79 Å². The van der Waals surface area contributed by atoms with E-state index in [0.717, 1.165) is 23.4 Å². The molecule has 1 atom stereocenters. The summed E-state index contributed by atoms with van der Waals surface area (Å²) < 4.78 is 41.3. The number of amides is 3. The lowest BCUT2D eigenvalue weighted by molar-refractivity contribution is -0.153. The molecule has 1 unspecified atom stereocenters. The minimum atomic E-state index is -4.39. The topological polar surface area (TPSA) is 82.7 Å². The van der Waals surface area contributed by atoms with Crippen LogP contribution in [0.2, 0.25) is 0 Å². The standard InChI is InChI=1S/C22H25F3N4O3/c1-15(17-4-8-19(9-5-17)32-14-22(23,24)25)28-21(31)27-12-16-2-6-18(7-3-16)29-11-10-26-20(30)13-29/h2-9,15H,10-14H2,1H3,(H,26,30)(H2,27,28,31). The summed E-state index contributed by atoms with van der Waals surface area (Å²) in [5.74, 6) is 0.104. The van der Waals surface area contributed by atoms with E-state index in [2.05, 4.69) is 20.7 Å². The first-order chi connectivity index (χ1) is 15.2. The average molecular weight is 450 g/mol. The number of hydrogen-bond donors (Lipinski definition) is 3. The van der Waals surface area contributed by atoms with Gasteiger partial charge in [0.1, 0.15) is 5.75 Å². The molecule has 1 heterocycles. The molecule has 10 heteroatoms. The van der Waals surface area contributed by atoms with Gasteiger partial charge in [-0.15, -0.1) is 0 Å². The minimum Gasteiger partial charge on any atom is -0.484 e. The van der Waals surface area contributed by atoms with Crippen molar-refractivity contribution in [3.63, 3.8) is 0 Å². The van der Waals surface area contributed by atoms with Crippen LogP contribution >= 0.6 is 0 Å². The Balaban J connectivity index is 1.44. The first kappa shape index (κ1) is 23.2. The van der Waals surface area contributed by atoms with Crippen LogP contribution in [0, 0.1) is 0 Å². The number of benzene rings is 2. The Morgan fingerprint density at radius 3 is 2.47 bits per heavy atom. The summed E-state index contributed by atoms with van der Waals surface area (Å²) in [6.07, 6.45) is -4.39. The predicted octanol–water partition coefficient (Wildman–Crippen LogP) is 3.12. The van der Waals surface area contributed by atoms with E-state index in [4.69, 9.17) is 0 Å². The van der Waals surface area contributed by atoms with Crippen LogP contribution in [0.3, 0.4) is 0 Å². The maximum atomic E-state index is 12.2. The van der Waals surface area contributed by atoms with E-state index in [-0.39, 0.29) is 23.7 Å². The van der Waals surface area contributed by atoms with Gasteiger partial charge in [0, 0.05) is 25.3 Å². The van der Waals surface area contributed by atoms with E-state index in [1.54, 1.807) is 19.1 Å². The summed E-state index contributed by atoms with van der Waals surface area (Å²) in [4.78, 5) is 25.7. The van der Waals surface area contributed by atoms with Gasteiger partial charge in [0.15, 0.2) is 6.61 Å². The van der Waals surface area contributed by atoms with Crippen molar-refractivity contribution in [3.05, 3.63) is 59.7 Å². The maximum absolute atomic E-state index is 12.2. The molecule has 2 aromatic carbocycles. The summed E-state index contributed by atoms with van der Waals surface area (Å²) in [5.41, 5.74) is 2.59. The quantitative estimate of drug-likeness (QED) is 0.606. The van der Waals surface area contributed by atoms with E-state index in [1.807, 2.05) is 29.2 Å². The molecule has 1 aliphatic rings. The molecule has 0 radical (unpaired) electrons. The molecule has 1 saturated heterocycles. The van der Waals surface area contributed by atoms with Crippen molar-refractivity contribution in [2.75, 3.05) is 31.1 Å². The molecule has 0 saturated carbocycles. The molecule has 1 fully saturated rings. The number of anilines is 1. The second-order valence-electron chi connectivity index (χ2n) is 7.46. The Kier molecular flexibility index (Phi) is 7.45. The Hall–Kier alpha value is -3.43. The number of nitrogens with one attached hydrogen (secondary N) is 3. The van der Waals surface area contributed by atoms with Gasteiger partial charge in [0.25, 0.3) is 0 Å².